The molecule has 0 amide bonds. The van der Waals surface area contributed by atoms with Gasteiger partial charge in [0.25, 0.3) is 5.89 Å². The van der Waals surface area contributed by atoms with Crippen LogP contribution in [0.1, 0.15) is 16.1 Å². The van der Waals surface area contributed by atoms with Crippen LogP contribution in [0.4, 0.5) is 0 Å². The predicted octanol–water partition coefficient (Wildman–Crippen LogP) is 3.00. The van der Waals surface area contributed by atoms with Gasteiger partial charge in [0.15, 0.2) is 5.76 Å². The third kappa shape index (κ3) is 2.18. The zero-order valence-corrected chi connectivity index (χ0v) is 10.5. The third-order valence-electron chi connectivity index (χ3n) is 2.74. The molecule has 1 N–H and O–H groups in total. The topological polar surface area (TPSA) is 89.4 Å². The highest BCUT2D eigenvalue weighted by Crippen LogP contribution is 2.24. The van der Waals surface area contributed by atoms with Crippen molar-refractivity contribution in [3.63, 3.8) is 0 Å². The first-order chi connectivity index (χ1) is 9.63. The molecule has 0 unspecified atom stereocenters. The quantitative estimate of drug-likeness (QED) is 0.786. The smallest absolute Gasteiger partial charge is 0.335 e. The monoisotopic (exact) mass is 270 g/mol. The summed E-state index contributed by atoms with van der Waals surface area (Å²) in [5, 5.41) is 12.8. The van der Waals surface area contributed by atoms with E-state index in [9.17, 15) is 4.79 Å². The van der Waals surface area contributed by atoms with Gasteiger partial charge < -0.3 is 14.0 Å². The number of aromatic carboxylic acids is 1. The van der Waals surface area contributed by atoms with Gasteiger partial charge in [0.2, 0.25) is 5.82 Å². The third-order valence-corrected chi connectivity index (χ3v) is 2.74. The summed E-state index contributed by atoms with van der Waals surface area (Å²) in [6.07, 6.45) is 0. The molecule has 6 heteroatoms. The highest BCUT2D eigenvalue weighted by Gasteiger charge is 2.14. The van der Waals surface area contributed by atoms with Crippen LogP contribution in [0.25, 0.3) is 23.0 Å². The Balaban J connectivity index is 1.98. The van der Waals surface area contributed by atoms with Crippen molar-refractivity contribution in [3.8, 4) is 23.0 Å². The molecule has 2 heterocycles. The number of aromatic nitrogens is 2. The molecule has 2 aromatic heterocycles. The summed E-state index contributed by atoms with van der Waals surface area (Å²) in [7, 11) is 0. The van der Waals surface area contributed by atoms with Crippen LogP contribution in [0.3, 0.4) is 0 Å². The molecule has 0 aliphatic carbocycles. The van der Waals surface area contributed by atoms with E-state index in [4.69, 9.17) is 14.0 Å². The van der Waals surface area contributed by atoms with Crippen molar-refractivity contribution in [2.75, 3.05) is 0 Å². The molecule has 0 aliphatic heterocycles. The van der Waals surface area contributed by atoms with Gasteiger partial charge in [-0.25, -0.2) is 4.79 Å². The van der Waals surface area contributed by atoms with Crippen LogP contribution in [0.15, 0.2) is 45.3 Å². The highest BCUT2D eigenvalue weighted by atomic mass is 16.5. The SMILES string of the molecule is Cc1ccc(-c2nc(-c3cccc(C(=O)O)c3)no2)o1. The van der Waals surface area contributed by atoms with Crippen LogP contribution in [-0.2, 0) is 0 Å². The van der Waals surface area contributed by atoms with Gasteiger partial charge >= 0.3 is 5.97 Å². The molecule has 20 heavy (non-hydrogen) atoms. The van der Waals surface area contributed by atoms with Gasteiger partial charge in [-0.3, -0.25) is 0 Å². The van der Waals surface area contributed by atoms with Crippen LogP contribution in [0, 0.1) is 6.92 Å². The molecule has 0 aliphatic rings. The Morgan fingerprint density at radius 3 is 2.80 bits per heavy atom. The molecule has 1 aromatic carbocycles. The van der Waals surface area contributed by atoms with Crippen molar-refractivity contribution < 1.29 is 18.8 Å². The van der Waals surface area contributed by atoms with Gasteiger partial charge in [-0.05, 0) is 31.2 Å². The fourth-order valence-corrected chi connectivity index (χ4v) is 1.78. The molecule has 6 nitrogen and oxygen atoms in total. The summed E-state index contributed by atoms with van der Waals surface area (Å²) in [6.45, 7) is 1.82. The minimum atomic E-state index is -1.00. The average Bonchev–Trinajstić information content (AvgIpc) is 3.07. The van der Waals surface area contributed by atoms with E-state index in [1.165, 1.54) is 12.1 Å². The lowest BCUT2D eigenvalue weighted by atomic mass is 10.1. The van der Waals surface area contributed by atoms with E-state index in [0.717, 1.165) is 5.76 Å². The van der Waals surface area contributed by atoms with E-state index in [2.05, 4.69) is 10.1 Å². The fraction of sp³-hybridized carbons (Fsp3) is 0.0714. The first-order valence-corrected chi connectivity index (χ1v) is 5.88. The van der Waals surface area contributed by atoms with Gasteiger partial charge in [0, 0.05) is 5.56 Å². The molecule has 100 valence electrons. The van der Waals surface area contributed by atoms with Gasteiger partial charge in [-0.2, -0.15) is 4.98 Å². The first-order valence-electron chi connectivity index (χ1n) is 5.88. The largest absolute Gasteiger partial charge is 0.478 e. The molecular weight excluding hydrogens is 260 g/mol. The number of rotatable bonds is 3. The second kappa shape index (κ2) is 4.65. The summed E-state index contributed by atoms with van der Waals surface area (Å²) in [5.74, 6) is 0.798. The maximum atomic E-state index is 10.9. The molecule has 0 radical (unpaired) electrons. The summed E-state index contributed by atoms with van der Waals surface area (Å²) in [5.41, 5.74) is 0.742. The second-order valence-corrected chi connectivity index (χ2v) is 4.22. The van der Waals surface area contributed by atoms with E-state index in [1.54, 1.807) is 24.3 Å². The fourth-order valence-electron chi connectivity index (χ4n) is 1.78. The Hall–Kier alpha value is -2.89. The number of carbonyl (C=O) groups is 1. The van der Waals surface area contributed by atoms with Crippen LogP contribution < -0.4 is 0 Å². The Bertz CT molecular complexity index is 773. The molecular formula is C14H10N2O4. The second-order valence-electron chi connectivity index (χ2n) is 4.22. The number of carboxylic acid groups (broad SMARTS) is 1. The standard InChI is InChI=1S/C14H10N2O4/c1-8-5-6-11(19-8)13-15-12(16-20-13)9-3-2-4-10(7-9)14(17)18/h2-7H,1H3,(H,17,18). The minimum Gasteiger partial charge on any atom is -0.478 e. The molecule has 0 atom stereocenters. The first kappa shape index (κ1) is 12.2. The van der Waals surface area contributed by atoms with Crippen LogP contribution >= 0.6 is 0 Å². The molecule has 0 saturated carbocycles. The van der Waals surface area contributed by atoms with Crippen molar-refractivity contribution in [3.05, 3.63) is 47.7 Å². The molecule has 3 aromatic rings. The summed E-state index contributed by atoms with van der Waals surface area (Å²) in [4.78, 5) is 15.1. The Morgan fingerprint density at radius 2 is 2.10 bits per heavy atom. The predicted molar refractivity (Wildman–Crippen MR) is 69.1 cm³/mol. The van der Waals surface area contributed by atoms with Crippen molar-refractivity contribution in [1.82, 2.24) is 10.1 Å². The minimum absolute atomic E-state index is 0.169. The van der Waals surface area contributed by atoms with Gasteiger partial charge in [-0.1, -0.05) is 17.3 Å². The van der Waals surface area contributed by atoms with Gasteiger partial charge in [0.05, 0.1) is 5.56 Å². The Morgan fingerprint density at radius 1 is 1.25 bits per heavy atom. The number of benzene rings is 1. The maximum Gasteiger partial charge on any atom is 0.335 e. The Kier molecular flexibility index (Phi) is 2.83. The van der Waals surface area contributed by atoms with Gasteiger partial charge in [-0.15, -0.1) is 0 Å². The van der Waals surface area contributed by atoms with Crippen molar-refractivity contribution >= 4 is 5.97 Å². The van der Waals surface area contributed by atoms with Crippen molar-refractivity contribution in [2.45, 2.75) is 6.92 Å². The summed E-state index contributed by atoms with van der Waals surface area (Å²) in [6, 6.07) is 9.87. The Labute approximate surface area is 113 Å². The zero-order valence-electron chi connectivity index (χ0n) is 10.5. The zero-order chi connectivity index (χ0) is 14.1. The van der Waals surface area contributed by atoms with E-state index in [0.29, 0.717) is 17.1 Å². The number of nitrogens with zero attached hydrogens (tertiary/aromatic N) is 2. The van der Waals surface area contributed by atoms with Crippen LogP contribution in [-0.4, -0.2) is 21.2 Å². The molecule has 0 spiro atoms. The van der Waals surface area contributed by atoms with E-state index in [-0.39, 0.29) is 11.5 Å². The lowest BCUT2D eigenvalue weighted by molar-refractivity contribution is 0.0697. The van der Waals surface area contributed by atoms with E-state index >= 15 is 0 Å². The number of aryl methyl sites for hydroxylation is 1. The van der Waals surface area contributed by atoms with Crippen LogP contribution in [0.2, 0.25) is 0 Å². The molecule has 0 fully saturated rings. The van der Waals surface area contributed by atoms with Crippen molar-refractivity contribution in [2.24, 2.45) is 0 Å². The molecule has 0 bridgehead atoms. The maximum absolute atomic E-state index is 10.9. The lowest BCUT2D eigenvalue weighted by Crippen LogP contribution is -1.96. The number of furan rings is 1. The summed E-state index contributed by atoms with van der Waals surface area (Å²) < 4.78 is 10.5. The molecule has 3 rings (SSSR count). The summed E-state index contributed by atoms with van der Waals surface area (Å²) >= 11 is 0. The number of carboxylic acids is 1. The van der Waals surface area contributed by atoms with Crippen molar-refractivity contribution in [1.29, 1.82) is 0 Å². The average molecular weight is 270 g/mol. The van der Waals surface area contributed by atoms with E-state index < -0.39 is 5.97 Å². The molecule has 0 saturated heterocycles. The number of hydrogen-bond donors (Lipinski definition) is 1. The van der Waals surface area contributed by atoms with Gasteiger partial charge in [0.1, 0.15) is 5.76 Å². The van der Waals surface area contributed by atoms with E-state index in [1.807, 2.05) is 6.92 Å². The normalized spacial score (nSPS) is 10.7. The number of hydrogen-bond acceptors (Lipinski definition) is 5. The lowest BCUT2D eigenvalue weighted by Gasteiger charge is -1.96. The van der Waals surface area contributed by atoms with Crippen LogP contribution in [0.5, 0.6) is 0 Å². The highest BCUT2D eigenvalue weighted by molar-refractivity contribution is 5.89.